The van der Waals surface area contributed by atoms with Crippen LogP contribution >= 0.6 is 11.8 Å². The molecule has 0 unspecified atom stereocenters. The van der Waals surface area contributed by atoms with Gasteiger partial charge in [0.05, 0.1) is 5.92 Å². The number of carboxylic acid groups (broad SMARTS) is 1. The van der Waals surface area contributed by atoms with E-state index in [9.17, 15) is 9.59 Å². The second kappa shape index (κ2) is 3.05. The molecule has 1 aromatic heterocycles. The molecule has 1 amide bonds. The van der Waals surface area contributed by atoms with E-state index in [1.165, 1.54) is 18.1 Å². The summed E-state index contributed by atoms with van der Waals surface area (Å²) in [6.07, 6.45) is 2.11. The zero-order valence-corrected chi connectivity index (χ0v) is 9.98. The maximum Gasteiger partial charge on any atom is 0.307 e. The minimum atomic E-state index is -0.797. The van der Waals surface area contributed by atoms with Crippen LogP contribution in [0, 0.1) is 17.8 Å². The van der Waals surface area contributed by atoms with Crippen LogP contribution in [-0.2, 0) is 9.59 Å². The molecular weight excluding hydrogens is 256 g/mol. The van der Waals surface area contributed by atoms with Gasteiger partial charge in [0.2, 0.25) is 5.91 Å². The van der Waals surface area contributed by atoms with E-state index >= 15 is 0 Å². The van der Waals surface area contributed by atoms with Crippen molar-refractivity contribution in [3.63, 3.8) is 0 Å². The molecule has 7 nitrogen and oxygen atoms in total. The number of carboxylic acids is 1. The van der Waals surface area contributed by atoms with Gasteiger partial charge in [-0.1, -0.05) is 11.8 Å². The Morgan fingerprint density at radius 3 is 2.94 bits per heavy atom. The first kappa shape index (κ1) is 10.4. The molecule has 0 bridgehead atoms. The second-order valence-corrected chi connectivity index (χ2v) is 6.27. The van der Waals surface area contributed by atoms with E-state index in [0.717, 1.165) is 0 Å². The van der Waals surface area contributed by atoms with E-state index in [-0.39, 0.29) is 23.0 Å². The molecule has 94 valence electrons. The fourth-order valence-corrected chi connectivity index (χ4v) is 4.75. The normalized spacial score (nSPS) is 43.7. The predicted octanol–water partition coefficient (Wildman–Crippen LogP) is -0.516. The molecule has 2 aliphatic carbocycles. The maximum absolute atomic E-state index is 11.5. The van der Waals surface area contributed by atoms with Gasteiger partial charge in [-0.2, -0.15) is 5.10 Å². The van der Waals surface area contributed by atoms with Gasteiger partial charge in [0.15, 0.2) is 5.16 Å². The Labute approximate surface area is 106 Å². The molecule has 2 saturated carbocycles. The van der Waals surface area contributed by atoms with Crippen molar-refractivity contribution in [1.82, 2.24) is 20.5 Å². The van der Waals surface area contributed by atoms with Gasteiger partial charge in [-0.3, -0.25) is 14.7 Å². The first-order valence-corrected chi connectivity index (χ1v) is 6.59. The van der Waals surface area contributed by atoms with E-state index in [2.05, 4.69) is 20.5 Å². The van der Waals surface area contributed by atoms with Crippen molar-refractivity contribution in [3.8, 4) is 0 Å². The standard InChI is InChI=1S/C10H10N4O3S/c15-7(16)5-4-3(18-9-11-2-12-14-9)1-10(6(4)5)8(17)13-10/h2-6H,1H2,(H,13,17)(H,15,16)(H,11,12,14)/t3-,4+,5+,6+,10+/m1/s1. The van der Waals surface area contributed by atoms with E-state index < -0.39 is 17.4 Å². The molecule has 18 heavy (non-hydrogen) atoms. The summed E-state index contributed by atoms with van der Waals surface area (Å²) in [4.78, 5) is 26.7. The maximum atomic E-state index is 11.5. The zero-order valence-electron chi connectivity index (χ0n) is 9.16. The van der Waals surface area contributed by atoms with Crippen LogP contribution in [0.3, 0.4) is 0 Å². The molecule has 1 aromatic rings. The summed E-state index contributed by atoms with van der Waals surface area (Å²) in [5, 5.41) is 19.3. The molecule has 0 radical (unpaired) electrons. The Morgan fingerprint density at radius 1 is 1.61 bits per heavy atom. The average molecular weight is 266 g/mol. The van der Waals surface area contributed by atoms with Gasteiger partial charge in [-0.05, 0) is 12.3 Å². The third-order valence-corrected chi connectivity index (χ3v) is 5.42. The van der Waals surface area contributed by atoms with Gasteiger partial charge in [0.1, 0.15) is 11.9 Å². The van der Waals surface area contributed by atoms with Crippen LogP contribution in [0.25, 0.3) is 0 Å². The topological polar surface area (TPSA) is 118 Å². The Morgan fingerprint density at radius 2 is 2.39 bits per heavy atom. The number of carbonyl (C=O) groups is 2. The van der Waals surface area contributed by atoms with Gasteiger partial charge in [-0.25, -0.2) is 4.98 Å². The quantitative estimate of drug-likeness (QED) is 0.634. The van der Waals surface area contributed by atoms with Crippen molar-refractivity contribution >= 4 is 23.6 Å². The van der Waals surface area contributed by atoms with Gasteiger partial charge >= 0.3 is 5.97 Å². The molecule has 4 rings (SSSR count). The van der Waals surface area contributed by atoms with Crippen molar-refractivity contribution in [2.45, 2.75) is 22.4 Å². The molecule has 2 heterocycles. The van der Waals surface area contributed by atoms with Gasteiger partial charge in [-0.15, -0.1) is 0 Å². The fraction of sp³-hybridized carbons (Fsp3) is 0.600. The number of fused-ring (bicyclic) bond motifs is 2. The Bertz CT molecular complexity index is 547. The SMILES string of the molecule is O=C(O)[C@H]1[C@H]2[C@@H]1[C@]1(C[C@H]2Sc2ncn[nH]2)NC1=O. The minimum absolute atomic E-state index is 0.00178. The lowest BCUT2D eigenvalue weighted by Gasteiger charge is -2.13. The van der Waals surface area contributed by atoms with E-state index in [4.69, 9.17) is 5.11 Å². The Kier molecular flexibility index (Phi) is 1.76. The lowest BCUT2D eigenvalue weighted by Crippen LogP contribution is -2.24. The van der Waals surface area contributed by atoms with Crippen molar-refractivity contribution in [2.75, 3.05) is 0 Å². The summed E-state index contributed by atoms with van der Waals surface area (Å²) < 4.78 is 0. The van der Waals surface area contributed by atoms with Crippen LogP contribution in [0.15, 0.2) is 11.5 Å². The average Bonchev–Trinajstić information content (AvgIpc) is 3.07. The molecule has 3 N–H and O–H groups in total. The number of H-pyrrole nitrogens is 1. The number of hydrogen-bond donors (Lipinski definition) is 3. The lowest BCUT2D eigenvalue weighted by atomic mass is 9.99. The van der Waals surface area contributed by atoms with Crippen molar-refractivity contribution in [3.05, 3.63) is 6.33 Å². The largest absolute Gasteiger partial charge is 0.481 e. The number of nitrogens with zero attached hydrogens (tertiary/aromatic N) is 2. The number of amides is 1. The summed E-state index contributed by atoms with van der Waals surface area (Å²) in [5.74, 6) is -1.16. The number of hydrogen-bond acceptors (Lipinski definition) is 5. The third-order valence-electron chi connectivity index (χ3n) is 4.22. The van der Waals surface area contributed by atoms with E-state index in [0.29, 0.717) is 11.6 Å². The molecule has 3 fully saturated rings. The lowest BCUT2D eigenvalue weighted by molar-refractivity contribution is -0.139. The predicted molar refractivity (Wildman–Crippen MR) is 59.6 cm³/mol. The van der Waals surface area contributed by atoms with Crippen LogP contribution in [0.1, 0.15) is 6.42 Å². The highest BCUT2D eigenvalue weighted by Crippen LogP contribution is 2.68. The Hall–Kier alpha value is -1.57. The molecule has 0 aromatic carbocycles. The highest BCUT2D eigenvalue weighted by molar-refractivity contribution is 7.99. The summed E-state index contributed by atoms with van der Waals surface area (Å²) in [6, 6.07) is 0. The molecule has 5 atom stereocenters. The van der Waals surface area contributed by atoms with Gasteiger partial charge in [0.25, 0.3) is 0 Å². The van der Waals surface area contributed by atoms with Gasteiger partial charge in [0, 0.05) is 11.2 Å². The molecule has 8 heteroatoms. The van der Waals surface area contributed by atoms with Crippen molar-refractivity contribution in [2.24, 2.45) is 17.8 Å². The molecule has 1 aliphatic heterocycles. The summed E-state index contributed by atoms with van der Waals surface area (Å²) in [5.41, 5.74) is -0.550. The summed E-state index contributed by atoms with van der Waals surface area (Å²) in [7, 11) is 0. The smallest absolute Gasteiger partial charge is 0.307 e. The number of aromatic amines is 1. The number of rotatable bonds is 3. The van der Waals surface area contributed by atoms with Crippen LogP contribution in [0.4, 0.5) is 0 Å². The number of nitrogens with one attached hydrogen (secondary N) is 2. The van der Waals surface area contributed by atoms with Crippen molar-refractivity contribution in [1.29, 1.82) is 0 Å². The third kappa shape index (κ3) is 1.16. The molecule has 1 saturated heterocycles. The van der Waals surface area contributed by atoms with Gasteiger partial charge < -0.3 is 10.4 Å². The van der Waals surface area contributed by atoms with E-state index in [1.807, 2.05) is 0 Å². The Balaban J connectivity index is 1.59. The molecule has 3 aliphatic rings. The van der Waals surface area contributed by atoms with Crippen LogP contribution < -0.4 is 5.32 Å². The zero-order chi connectivity index (χ0) is 12.5. The highest BCUT2D eigenvalue weighted by Gasteiger charge is 2.80. The number of aliphatic carboxylic acids is 1. The summed E-state index contributed by atoms with van der Waals surface area (Å²) in [6.45, 7) is 0. The first-order chi connectivity index (χ1) is 8.63. The fourth-order valence-electron chi connectivity index (χ4n) is 3.40. The molecule has 1 spiro atoms. The highest BCUT2D eigenvalue weighted by atomic mass is 32.2. The number of carbonyl (C=O) groups excluding carboxylic acids is 1. The van der Waals surface area contributed by atoms with Crippen LogP contribution in [0.5, 0.6) is 0 Å². The van der Waals surface area contributed by atoms with Crippen LogP contribution in [-0.4, -0.2) is 43.0 Å². The second-order valence-electron chi connectivity index (χ2n) is 5.04. The first-order valence-electron chi connectivity index (χ1n) is 5.71. The monoisotopic (exact) mass is 266 g/mol. The molecular formula is C10H10N4O3S. The summed E-state index contributed by atoms with van der Waals surface area (Å²) >= 11 is 1.49. The number of thioether (sulfide) groups is 1. The van der Waals surface area contributed by atoms with Crippen molar-refractivity contribution < 1.29 is 14.7 Å². The number of aromatic nitrogens is 3. The van der Waals surface area contributed by atoms with Crippen LogP contribution in [0.2, 0.25) is 0 Å². The van der Waals surface area contributed by atoms with E-state index in [1.54, 1.807) is 0 Å². The minimum Gasteiger partial charge on any atom is -0.481 e.